The molecule has 1 rings (SSSR count). The van der Waals surface area contributed by atoms with Crippen LogP contribution in [0, 0.1) is 0 Å². The normalized spacial score (nSPS) is 9.64. The molecule has 1 heterocycles. The Labute approximate surface area is 64.2 Å². The lowest BCUT2D eigenvalue weighted by Crippen LogP contribution is -2.22. The fourth-order valence-corrected chi connectivity index (χ4v) is 0.676. The van der Waals surface area contributed by atoms with Crippen molar-refractivity contribution in [2.45, 2.75) is 0 Å². The number of carbonyl (C=O) groups excluding carboxylic acids is 1. The van der Waals surface area contributed by atoms with E-state index in [1.165, 1.54) is 0 Å². The van der Waals surface area contributed by atoms with E-state index in [1.807, 2.05) is 0 Å². The molecule has 1 aromatic heterocycles. The number of hydrogen-bond acceptors (Lipinski definition) is 3. The maximum absolute atomic E-state index is 10.7. The molecule has 0 aromatic carbocycles. The molecule has 0 radical (unpaired) electrons. The van der Waals surface area contributed by atoms with Crippen molar-refractivity contribution >= 4 is 11.7 Å². The van der Waals surface area contributed by atoms with Crippen LogP contribution in [0.5, 0.6) is 0 Å². The molecule has 0 bridgehead atoms. The Hall–Kier alpha value is -1.36. The Morgan fingerprint density at radius 1 is 1.91 bits per heavy atom. The predicted octanol–water partition coefficient (Wildman–Crippen LogP) is -0.683. The molecule has 5 heteroatoms. The van der Waals surface area contributed by atoms with Crippen molar-refractivity contribution in [3.8, 4) is 0 Å². The smallest absolute Gasteiger partial charge is 0.239 e. The van der Waals surface area contributed by atoms with Crippen molar-refractivity contribution in [2.75, 3.05) is 11.9 Å². The van der Waals surface area contributed by atoms with Gasteiger partial charge in [0.25, 0.3) is 0 Å². The van der Waals surface area contributed by atoms with Gasteiger partial charge < -0.3 is 11.1 Å². The monoisotopic (exact) mass is 154 g/mol. The molecule has 0 aliphatic rings. The lowest BCUT2D eigenvalue weighted by molar-refractivity contribution is -0.114. The SMILES string of the molecule is Cn1ccc(NC(=O)CN)n1. The number of nitrogens with zero attached hydrogens (tertiary/aromatic N) is 2. The molecule has 0 aliphatic carbocycles. The number of aryl methyl sites for hydroxylation is 1. The second kappa shape index (κ2) is 3.16. The van der Waals surface area contributed by atoms with Crippen LogP contribution < -0.4 is 11.1 Å². The lowest BCUT2D eigenvalue weighted by atomic mass is 10.5. The van der Waals surface area contributed by atoms with Crippen LogP contribution in [-0.2, 0) is 11.8 Å². The highest BCUT2D eigenvalue weighted by atomic mass is 16.1. The molecule has 0 atom stereocenters. The Morgan fingerprint density at radius 3 is 3.09 bits per heavy atom. The molecule has 0 saturated carbocycles. The molecule has 11 heavy (non-hydrogen) atoms. The van der Waals surface area contributed by atoms with Gasteiger partial charge in [0.2, 0.25) is 5.91 Å². The molecule has 1 aromatic rings. The first-order valence-electron chi connectivity index (χ1n) is 3.22. The van der Waals surface area contributed by atoms with Crippen LogP contribution in [-0.4, -0.2) is 22.2 Å². The average Bonchev–Trinajstić information content (AvgIpc) is 2.35. The van der Waals surface area contributed by atoms with Gasteiger partial charge >= 0.3 is 0 Å². The van der Waals surface area contributed by atoms with Crippen LogP contribution in [0.15, 0.2) is 12.3 Å². The summed E-state index contributed by atoms with van der Waals surface area (Å²) < 4.78 is 1.60. The summed E-state index contributed by atoms with van der Waals surface area (Å²) in [5.74, 6) is 0.298. The highest BCUT2D eigenvalue weighted by molar-refractivity contribution is 5.91. The average molecular weight is 154 g/mol. The van der Waals surface area contributed by atoms with Gasteiger partial charge in [-0.3, -0.25) is 9.48 Å². The molecule has 60 valence electrons. The van der Waals surface area contributed by atoms with Crippen molar-refractivity contribution in [3.63, 3.8) is 0 Å². The molecule has 5 nitrogen and oxygen atoms in total. The van der Waals surface area contributed by atoms with E-state index in [9.17, 15) is 4.79 Å². The largest absolute Gasteiger partial charge is 0.322 e. The third-order valence-electron chi connectivity index (χ3n) is 1.17. The van der Waals surface area contributed by atoms with Crippen molar-refractivity contribution in [1.82, 2.24) is 9.78 Å². The molecule has 0 spiro atoms. The molecule has 1 amide bonds. The number of carbonyl (C=O) groups is 1. The number of nitrogens with two attached hydrogens (primary N) is 1. The summed E-state index contributed by atoms with van der Waals surface area (Å²) in [4.78, 5) is 10.7. The van der Waals surface area contributed by atoms with Gasteiger partial charge in [0.05, 0.1) is 6.54 Å². The van der Waals surface area contributed by atoms with Crippen molar-refractivity contribution in [3.05, 3.63) is 12.3 Å². The van der Waals surface area contributed by atoms with Gasteiger partial charge in [-0.25, -0.2) is 0 Å². The fourth-order valence-electron chi connectivity index (χ4n) is 0.676. The van der Waals surface area contributed by atoms with Crippen LogP contribution in [0.2, 0.25) is 0 Å². The van der Waals surface area contributed by atoms with Gasteiger partial charge in [0, 0.05) is 19.3 Å². The standard InChI is InChI=1S/C6H10N4O/c1-10-3-2-5(9-10)8-6(11)4-7/h2-3H,4,7H2,1H3,(H,8,9,11). The van der Waals surface area contributed by atoms with Crippen LogP contribution >= 0.6 is 0 Å². The number of nitrogens with one attached hydrogen (secondary N) is 1. The summed E-state index contributed by atoms with van der Waals surface area (Å²) in [7, 11) is 1.78. The van der Waals surface area contributed by atoms with Gasteiger partial charge in [0.1, 0.15) is 0 Å². The number of aromatic nitrogens is 2. The van der Waals surface area contributed by atoms with Gasteiger partial charge in [-0.1, -0.05) is 0 Å². The van der Waals surface area contributed by atoms with Gasteiger partial charge in [-0.05, 0) is 0 Å². The Morgan fingerprint density at radius 2 is 2.64 bits per heavy atom. The van der Waals surface area contributed by atoms with E-state index in [2.05, 4.69) is 10.4 Å². The van der Waals surface area contributed by atoms with E-state index in [0.29, 0.717) is 5.82 Å². The molecule has 3 N–H and O–H groups in total. The van der Waals surface area contributed by atoms with Gasteiger partial charge in [0.15, 0.2) is 5.82 Å². The number of rotatable bonds is 2. The Kier molecular flexibility index (Phi) is 2.22. The van der Waals surface area contributed by atoms with Crippen molar-refractivity contribution in [2.24, 2.45) is 12.8 Å². The molecule has 0 unspecified atom stereocenters. The summed E-state index contributed by atoms with van der Waals surface area (Å²) in [6.07, 6.45) is 1.74. The number of amides is 1. The minimum atomic E-state index is -0.233. The minimum Gasteiger partial charge on any atom is -0.322 e. The molecule has 0 aliphatic heterocycles. The lowest BCUT2D eigenvalue weighted by Gasteiger charge is -1.96. The zero-order valence-corrected chi connectivity index (χ0v) is 6.24. The maximum atomic E-state index is 10.7. The first-order chi connectivity index (χ1) is 5.22. The minimum absolute atomic E-state index is 0.0173. The summed E-state index contributed by atoms with van der Waals surface area (Å²) >= 11 is 0. The van der Waals surface area contributed by atoms with E-state index in [1.54, 1.807) is 24.0 Å². The third-order valence-corrected chi connectivity index (χ3v) is 1.17. The fraction of sp³-hybridized carbons (Fsp3) is 0.333. The van der Waals surface area contributed by atoms with E-state index < -0.39 is 0 Å². The maximum Gasteiger partial charge on any atom is 0.239 e. The molecular weight excluding hydrogens is 144 g/mol. The van der Waals surface area contributed by atoms with Crippen molar-refractivity contribution in [1.29, 1.82) is 0 Å². The topological polar surface area (TPSA) is 72.9 Å². The number of hydrogen-bond donors (Lipinski definition) is 2. The second-order valence-electron chi connectivity index (χ2n) is 2.13. The summed E-state index contributed by atoms with van der Waals surface area (Å²) in [5.41, 5.74) is 5.08. The van der Waals surface area contributed by atoms with Crippen LogP contribution in [0.25, 0.3) is 0 Å². The summed E-state index contributed by atoms with van der Waals surface area (Å²) in [6, 6.07) is 1.70. The zero-order chi connectivity index (χ0) is 8.27. The van der Waals surface area contributed by atoms with Gasteiger partial charge in [-0.15, -0.1) is 0 Å². The zero-order valence-electron chi connectivity index (χ0n) is 6.24. The first kappa shape index (κ1) is 7.74. The second-order valence-corrected chi connectivity index (χ2v) is 2.13. The van der Waals surface area contributed by atoms with Gasteiger partial charge in [-0.2, -0.15) is 5.10 Å². The molecule has 0 fully saturated rings. The van der Waals surface area contributed by atoms with Crippen LogP contribution in [0.3, 0.4) is 0 Å². The summed E-state index contributed by atoms with van der Waals surface area (Å²) in [5, 5.41) is 6.44. The van der Waals surface area contributed by atoms with Crippen LogP contribution in [0.4, 0.5) is 5.82 Å². The van der Waals surface area contributed by atoms with E-state index >= 15 is 0 Å². The Bertz CT molecular complexity index is 255. The summed E-state index contributed by atoms with van der Waals surface area (Å²) in [6.45, 7) is -0.0173. The highest BCUT2D eigenvalue weighted by Crippen LogP contribution is 1.99. The molecule has 0 saturated heterocycles. The van der Waals surface area contributed by atoms with E-state index in [0.717, 1.165) is 0 Å². The van der Waals surface area contributed by atoms with E-state index in [4.69, 9.17) is 5.73 Å². The predicted molar refractivity (Wildman–Crippen MR) is 40.9 cm³/mol. The van der Waals surface area contributed by atoms with E-state index in [-0.39, 0.29) is 12.5 Å². The number of anilines is 1. The van der Waals surface area contributed by atoms with Crippen LogP contribution in [0.1, 0.15) is 0 Å². The highest BCUT2D eigenvalue weighted by Gasteiger charge is 1.99. The quantitative estimate of drug-likeness (QED) is 0.592. The Balaban J connectivity index is 2.57. The van der Waals surface area contributed by atoms with Crippen molar-refractivity contribution < 1.29 is 4.79 Å². The molecular formula is C6H10N4O. The first-order valence-corrected chi connectivity index (χ1v) is 3.22. The third kappa shape index (κ3) is 2.05.